The van der Waals surface area contributed by atoms with E-state index in [0.717, 1.165) is 0 Å². The topological polar surface area (TPSA) is 3.24 Å². The molecule has 2 aromatic rings. The summed E-state index contributed by atoms with van der Waals surface area (Å²) in [6, 6.07) is 17.7. The van der Waals surface area contributed by atoms with E-state index in [-0.39, 0.29) is 0 Å². The molecule has 0 unspecified atom stereocenters. The lowest BCUT2D eigenvalue weighted by atomic mass is 9.63. The van der Waals surface area contributed by atoms with E-state index in [0.29, 0.717) is 11.0 Å². The quantitative estimate of drug-likeness (QED) is 0.675. The Morgan fingerprint density at radius 2 is 1.52 bits per heavy atom. The summed E-state index contributed by atoms with van der Waals surface area (Å²) in [5, 5.41) is 0. The van der Waals surface area contributed by atoms with Crippen LogP contribution in [0.4, 0.5) is 5.69 Å². The van der Waals surface area contributed by atoms with Crippen LogP contribution in [0.5, 0.6) is 0 Å². The normalized spacial score (nSPS) is 29.8. The number of benzene rings is 2. The predicted molar refractivity (Wildman–Crippen MR) is 98.9 cm³/mol. The van der Waals surface area contributed by atoms with Crippen molar-refractivity contribution < 1.29 is 0 Å². The Labute approximate surface area is 140 Å². The summed E-state index contributed by atoms with van der Waals surface area (Å²) >= 11 is 0. The van der Waals surface area contributed by atoms with Gasteiger partial charge in [0.25, 0.3) is 0 Å². The molecule has 1 heteroatoms. The Morgan fingerprint density at radius 1 is 0.826 bits per heavy atom. The molecule has 120 valence electrons. The molecule has 2 aromatic carbocycles. The minimum absolute atomic E-state index is 0.358. The van der Waals surface area contributed by atoms with Crippen molar-refractivity contribution in [2.24, 2.45) is 5.41 Å². The van der Waals surface area contributed by atoms with Crippen LogP contribution in [-0.2, 0) is 0 Å². The maximum absolute atomic E-state index is 2.71. The van der Waals surface area contributed by atoms with Crippen LogP contribution in [0.1, 0.15) is 45.1 Å². The molecule has 0 N–H and O–H groups in total. The van der Waals surface area contributed by atoms with Crippen LogP contribution in [-0.4, -0.2) is 12.1 Å². The molecule has 0 radical (unpaired) electrons. The van der Waals surface area contributed by atoms with E-state index < -0.39 is 0 Å². The van der Waals surface area contributed by atoms with Gasteiger partial charge in [0.1, 0.15) is 0 Å². The first-order chi connectivity index (χ1) is 11.0. The number of nitrogens with zero attached hydrogens (tertiary/aromatic N) is 1. The maximum Gasteiger partial charge on any atom is 0.0401 e. The Bertz CT molecular complexity index is 708. The van der Waals surface area contributed by atoms with E-state index in [2.05, 4.69) is 74.2 Å². The first-order valence-electron chi connectivity index (χ1n) is 8.93. The molecule has 0 amide bonds. The summed E-state index contributed by atoms with van der Waals surface area (Å²) in [6.45, 7) is 8.44. The summed E-state index contributed by atoms with van der Waals surface area (Å²) in [7, 11) is 0. The molecule has 3 aliphatic rings. The van der Waals surface area contributed by atoms with E-state index >= 15 is 0 Å². The fraction of sp³-hybridized carbons (Fsp3) is 0.455. The molecule has 0 spiro atoms. The summed E-state index contributed by atoms with van der Waals surface area (Å²) < 4.78 is 0. The molecule has 23 heavy (non-hydrogen) atoms. The number of anilines is 1. The van der Waals surface area contributed by atoms with Crippen molar-refractivity contribution in [3.63, 3.8) is 0 Å². The highest BCUT2D eigenvalue weighted by Crippen LogP contribution is 2.51. The summed E-state index contributed by atoms with van der Waals surface area (Å²) in [4.78, 5) is 2.71. The Kier molecular flexibility index (Phi) is 3.30. The molecule has 3 fully saturated rings. The van der Waals surface area contributed by atoms with Crippen molar-refractivity contribution in [2.45, 2.75) is 52.0 Å². The first-order valence-corrected chi connectivity index (χ1v) is 8.93. The van der Waals surface area contributed by atoms with Gasteiger partial charge >= 0.3 is 0 Å². The minimum atomic E-state index is 0.358. The van der Waals surface area contributed by atoms with Gasteiger partial charge in [0.2, 0.25) is 0 Å². The lowest BCUT2D eigenvalue weighted by Crippen LogP contribution is -2.60. The van der Waals surface area contributed by atoms with Crippen molar-refractivity contribution in [1.29, 1.82) is 0 Å². The summed E-state index contributed by atoms with van der Waals surface area (Å²) in [6.07, 6.45) is 5.45. The van der Waals surface area contributed by atoms with Crippen LogP contribution < -0.4 is 4.90 Å². The third-order valence-electron chi connectivity index (χ3n) is 6.32. The van der Waals surface area contributed by atoms with Crippen LogP contribution in [0.25, 0.3) is 11.1 Å². The average molecular weight is 305 g/mol. The van der Waals surface area contributed by atoms with E-state index in [1.165, 1.54) is 54.6 Å². The van der Waals surface area contributed by atoms with E-state index in [1.54, 1.807) is 0 Å². The van der Waals surface area contributed by atoms with Crippen LogP contribution in [0.2, 0.25) is 0 Å². The molecule has 0 atom stereocenters. The second-order valence-corrected chi connectivity index (χ2v) is 8.26. The second-order valence-electron chi connectivity index (χ2n) is 8.26. The molecular weight excluding hydrogens is 278 g/mol. The summed E-state index contributed by atoms with van der Waals surface area (Å²) in [5.74, 6) is 0. The lowest BCUT2D eigenvalue weighted by Gasteiger charge is -2.59. The zero-order valence-corrected chi connectivity index (χ0v) is 14.6. The number of rotatable bonds is 2. The minimum Gasteiger partial charge on any atom is -0.365 e. The summed E-state index contributed by atoms with van der Waals surface area (Å²) in [5.41, 5.74) is 6.35. The zero-order valence-electron chi connectivity index (χ0n) is 14.6. The molecule has 0 aromatic heterocycles. The predicted octanol–water partition coefficient (Wildman–Crippen LogP) is 5.82. The van der Waals surface area contributed by atoms with Gasteiger partial charge < -0.3 is 4.90 Å². The number of piperidine rings is 2. The molecule has 2 aliphatic heterocycles. The van der Waals surface area contributed by atoms with Gasteiger partial charge in [-0.1, -0.05) is 43.3 Å². The highest BCUT2D eigenvalue weighted by Gasteiger charge is 2.48. The lowest BCUT2D eigenvalue weighted by molar-refractivity contribution is 0.0928. The number of fused-ring (bicyclic) bond motifs is 3. The van der Waals surface area contributed by atoms with E-state index in [4.69, 9.17) is 0 Å². The smallest absolute Gasteiger partial charge is 0.0401 e. The molecule has 1 nitrogen and oxygen atoms in total. The van der Waals surface area contributed by atoms with Crippen molar-refractivity contribution >= 4 is 5.69 Å². The monoisotopic (exact) mass is 305 g/mol. The van der Waals surface area contributed by atoms with Gasteiger partial charge in [-0.3, -0.25) is 0 Å². The highest BCUT2D eigenvalue weighted by molar-refractivity contribution is 5.69. The van der Waals surface area contributed by atoms with E-state index in [1.807, 2.05) is 0 Å². The van der Waals surface area contributed by atoms with Crippen molar-refractivity contribution in [2.75, 3.05) is 11.4 Å². The molecular formula is C22H27N. The van der Waals surface area contributed by atoms with E-state index in [9.17, 15) is 0 Å². The molecule has 2 saturated heterocycles. The first kappa shape index (κ1) is 14.8. The number of hydrogen-bond donors (Lipinski definition) is 0. The highest BCUT2D eigenvalue weighted by atomic mass is 15.2. The SMILES string of the molecule is Cc1cc(-c2ccccc2)ccc1N1CC2(C)CCC1(C)CC2. The third kappa shape index (κ3) is 2.47. The van der Waals surface area contributed by atoms with Gasteiger partial charge in [0.15, 0.2) is 0 Å². The van der Waals surface area contributed by atoms with Gasteiger partial charge in [-0.05, 0) is 73.8 Å². The van der Waals surface area contributed by atoms with Crippen LogP contribution in [0.3, 0.4) is 0 Å². The van der Waals surface area contributed by atoms with Gasteiger partial charge in [0, 0.05) is 17.8 Å². The van der Waals surface area contributed by atoms with Crippen molar-refractivity contribution in [3.8, 4) is 11.1 Å². The Morgan fingerprint density at radius 3 is 2.17 bits per heavy atom. The van der Waals surface area contributed by atoms with Crippen LogP contribution in [0.15, 0.2) is 48.5 Å². The zero-order chi connectivity index (χ0) is 16.1. The fourth-order valence-corrected chi connectivity index (χ4v) is 4.54. The maximum atomic E-state index is 2.71. The van der Waals surface area contributed by atoms with Gasteiger partial charge in [-0.2, -0.15) is 0 Å². The van der Waals surface area contributed by atoms with Crippen molar-refractivity contribution in [3.05, 3.63) is 54.1 Å². The number of aryl methyl sites for hydroxylation is 1. The molecule has 5 rings (SSSR count). The van der Waals surface area contributed by atoms with Gasteiger partial charge in [0.05, 0.1) is 0 Å². The van der Waals surface area contributed by atoms with Crippen LogP contribution >= 0.6 is 0 Å². The molecule has 1 aliphatic carbocycles. The Hall–Kier alpha value is -1.76. The largest absolute Gasteiger partial charge is 0.365 e. The Balaban J connectivity index is 1.70. The third-order valence-corrected chi connectivity index (χ3v) is 6.32. The number of hydrogen-bond acceptors (Lipinski definition) is 1. The van der Waals surface area contributed by atoms with Crippen LogP contribution in [0, 0.1) is 12.3 Å². The average Bonchev–Trinajstić information content (AvgIpc) is 2.57. The molecule has 2 bridgehead atoms. The molecule has 1 saturated carbocycles. The molecule has 2 heterocycles. The van der Waals surface area contributed by atoms with Gasteiger partial charge in [-0.15, -0.1) is 0 Å². The van der Waals surface area contributed by atoms with Gasteiger partial charge in [-0.25, -0.2) is 0 Å². The second kappa shape index (κ2) is 5.12. The van der Waals surface area contributed by atoms with Crippen molar-refractivity contribution in [1.82, 2.24) is 0 Å². The fourth-order valence-electron chi connectivity index (χ4n) is 4.54. The standard InChI is InChI=1S/C22H27N/c1-17-15-19(18-7-5-4-6-8-18)9-10-20(17)23-16-21(2)11-13-22(23,3)14-12-21/h4-10,15H,11-14,16H2,1-3H3.